The van der Waals surface area contributed by atoms with Crippen molar-refractivity contribution in [1.82, 2.24) is 4.98 Å². The molecule has 0 aliphatic heterocycles. The Bertz CT molecular complexity index is 767. The predicted molar refractivity (Wildman–Crippen MR) is 94.1 cm³/mol. The summed E-state index contributed by atoms with van der Waals surface area (Å²) in [6.45, 7) is 2.35. The predicted octanol–water partition coefficient (Wildman–Crippen LogP) is 2.64. The van der Waals surface area contributed by atoms with Crippen LogP contribution in [0.5, 0.6) is 11.6 Å². The van der Waals surface area contributed by atoms with Gasteiger partial charge in [-0.05, 0) is 25.1 Å². The molecule has 7 nitrogen and oxygen atoms in total. The van der Waals surface area contributed by atoms with Crippen molar-refractivity contribution in [2.45, 2.75) is 13.3 Å². The van der Waals surface area contributed by atoms with Crippen LogP contribution in [0.4, 0.5) is 5.69 Å². The Hall–Kier alpha value is -2.80. The molecule has 0 aliphatic rings. The topological polar surface area (TPSA) is 104 Å². The number of nitrogens with zero attached hydrogens (tertiary/aromatic N) is 1. The number of anilines is 1. The largest absolute Gasteiger partial charge is 0.491 e. The van der Waals surface area contributed by atoms with Crippen molar-refractivity contribution >= 4 is 29.1 Å². The van der Waals surface area contributed by atoms with Crippen LogP contribution in [0.2, 0.25) is 5.02 Å². The van der Waals surface area contributed by atoms with Gasteiger partial charge in [-0.2, -0.15) is 0 Å². The van der Waals surface area contributed by atoms with Crippen LogP contribution in [0.25, 0.3) is 0 Å². The van der Waals surface area contributed by atoms with Crippen LogP contribution >= 0.6 is 11.6 Å². The molecule has 2 amide bonds. The summed E-state index contributed by atoms with van der Waals surface area (Å²) in [5.41, 5.74) is 5.55. The number of amides is 2. The number of nitrogens with one attached hydrogen (secondary N) is 1. The molecular formula is C17H18ClN3O4. The lowest BCUT2D eigenvalue weighted by molar-refractivity contribution is -0.118. The highest BCUT2D eigenvalue weighted by atomic mass is 35.5. The van der Waals surface area contributed by atoms with Gasteiger partial charge in [0.2, 0.25) is 11.8 Å². The molecule has 1 heterocycles. The molecule has 132 valence electrons. The van der Waals surface area contributed by atoms with Crippen LogP contribution in [-0.4, -0.2) is 30.0 Å². The van der Waals surface area contributed by atoms with Crippen molar-refractivity contribution in [3.05, 3.63) is 47.1 Å². The molecule has 0 bridgehead atoms. The summed E-state index contributed by atoms with van der Waals surface area (Å²) in [7, 11) is 0. The van der Waals surface area contributed by atoms with E-state index in [4.69, 9.17) is 26.8 Å². The molecule has 0 atom stereocenters. The molecule has 1 aromatic heterocycles. The fourth-order valence-corrected chi connectivity index (χ4v) is 2.14. The normalized spacial score (nSPS) is 10.2. The Morgan fingerprint density at radius 3 is 2.68 bits per heavy atom. The Morgan fingerprint density at radius 2 is 1.96 bits per heavy atom. The summed E-state index contributed by atoms with van der Waals surface area (Å²) < 4.78 is 10.8. The number of ether oxygens (including phenoxy) is 2. The number of aromatic nitrogens is 1. The third kappa shape index (κ3) is 5.36. The van der Waals surface area contributed by atoms with Crippen LogP contribution in [0, 0.1) is 0 Å². The van der Waals surface area contributed by atoms with Gasteiger partial charge in [0, 0.05) is 6.07 Å². The zero-order valence-electron chi connectivity index (χ0n) is 13.6. The quantitative estimate of drug-likeness (QED) is 0.750. The number of halogens is 1. The summed E-state index contributed by atoms with van der Waals surface area (Å²) in [6.07, 6.45) is 0.0755. The number of para-hydroxylation sites is 2. The second kappa shape index (κ2) is 8.89. The molecule has 0 radical (unpaired) electrons. The fraction of sp³-hybridized carbons (Fsp3) is 0.235. The summed E-state index contributed by atoms with van der Waals surface area (Å²) in [5, 5.41) is 2.89. The number of benzene rings is 1. The molecule has 25 heavy (non-hydrogen) atoms. The van der Waals surface area contributed by atoms with Gasteiger partial charge in [0.05, 0.1) is 30.3 Å². The Morgan fingerprint density at radius 1 is 1.20 bits per heavy atom. The highest BCUT2D eigenvalue weighted by Gasteiger charge is 2.16. The number of carbonyl (C=O) groups excluding carboxylic acids is 2. The third-order valence-electron chi connectivity index (χ3n) is 3.07. The summed E-state index contributed by atoms with van der Waals surface area (Å²) in [4.78, 5) is 27.4. The minimum atomic E-state index is -0.502. The Balaban J connectivity index is 2.15. The number of pyridine rings is 1. The number of primary amides is 1. The standard InChI is InChI=1S/C17H18ClN3O4/c1-2-24-15-8-7-11(18)16(21-15)17(23)20-12-5-3-4-6-13(12)25-10-9-14(19)22/h3-8H,2,9-10H2,1H3,(H2,19,22)(H,20,23). The number of carbonyl (C=O) groups is 2. The lowest BCUT2D eigenvalue weighted by atomic mass is 10.2. The van der Waals surface area contributed by atoms with Crippen LogP contribution in [0.3, 0.4) is 0 Å². The minimum absolute atomic E-state index is 0.0413. The second-order valence-corrected chi connectivity index (χ2v) is 5.34. The Labute approximate surface area is 150 Å². The zero-order chi connectivity index (χ0) is 18.2. The first-order valence-corrected chi connectivity index (χ1v) is 8.00. The van der Waals surface area contributed by atoms with Gasteiger partial charge in [0.1, 0.15) is 5.75 Å². The molecule has 0 saturated carbocycles. The first kappa shape index (κ1) is 18.5. The van der Waals surface area contributed by atoms with E-state index in [2.05, 4.69) is 10.3 Å². The van der Waals surface area contributed by atoms with Crippen LogP contribution in [0.1, 0.15) is 23.8 Å². The van der Waals surface area contributed by atoms with Crippen LogP contribution < -0.4 is 20.5 Å². The molecule has 0 fully saturated rings. The van der Waals surface area contributed by atoms with Gasteiger partial charge in [0.25, 0.3) is 5.91 Å². The van der Waals surface area contributed by atoms with E-state index >= 15 is 0 Å². The average molecular weight is 364 g/mol. The molecule has 2 rings (SSSR count). The summed E-state index contributed by atoms with van der Waals surface area (Å²) >= 11 is 6.05. The van der Waals surface area contributed by atoms with Gasteiger partial charge in [-0.25, -0.2) is 4.98 Å². The third-order valence-corrected chi connectivity index (χ3v) is 3.37. The van der Waals surface area contributed by atoms with Gasteiger partial charge < -0.3 is 20.5 Å². The SMILES string of the molecule is CCOc1ccc(Cl)c(C(=O)Nc2ccccc2OCCC(N)=O)n1. The van der Waals surface area contributed by atoms with E-state index in [1.807, 2.05) is 6.92 Å². The minimum Gasteiger partial charge on any atom is -0.491 e. The highest BCUT2D eigenvalue weighted by molar-refractivity contribution is 6.34. The smallest absolute Gasteiger partial charge is 0.276 e. The molecule has 8 heteroatoms. The summed E-state index contributed by atoms with van der Waals surface area (Å²) in [5.74, 6) is -0.250. The van der Waals surface area contributed by atoms with Gasteiger partial charge in [-0.15, -0.1) is 0 Å². The van der Waals surface area contributed by atoms with Crippen molar-refractivity contribution in [2.24, 2.45) is 5.73 Å². The van der Waals surface area contributed by atoms with Crippen molar-refractivity contribution in [1.29, 1.82) is 0 Å². The fourth-order valence-electron chi connectivity index (χ4n) is 1.95. The van der Waals surface area contributed by atoms with Crippen LogP contribution in [-0.2, 0) is 4.79 Å². The molecular weight excluding hydrogens is 346 g/mol. The van der Waals surface area contributed by atoms with Crippen LogP contribution in [0.15, 0.2) is 36.4 Å². The van der Waals surface area contributed by atoms with Gasteiger partial charge in [0.15, 0.2) is 5.69 Å². The average Bonchev–Trinajstić information content (AvgIpc) is 2.58. The number of hydrogen-bond donors (Lipinski definition) is 2. The maximum Gasteiger partial charge on any atom is 0.276 e. The lowest BCUT2D eigenvalue weighted by Crippen LogP contribution is -2.17. The number of nitrogens with two attached hydrogens (primary N) is 1. The van der Waals surface area contributed by atoms with Gasteiger partial charge in [-0.1, -0.05) is 23.7 Å². The molecule has 0 aliphatic carbocycles. The van der Waals surface area contributed by atoms with E-state index in [-0.39, 0.29) is 23.7 Å². The maximum absolute atomic E-state index is 12.5. The second-order valence-electron chi connectivity index (χ2n) is 4.93. The van der Waals surface area contributed by atoms with E-state index in [1.165, 1.54) is 0 Å². The van der Waals surface area contributed by atoms with E-state index in [0.29, 0.717) is 23.9 Å². The van der Waals surface area contributed by atoms with Crippen molar-refractivity contribution in [2.75, 3.05) is 18.5 Å². The summed E-state index contributed by atoms with van der Waals surface area (Å²) in [6, 6.07) is 9.95. The van der Waals surface area contributed by atoms with Gasteiger partial charge in [-0.3, -0.25) is 9.59 Å². The molecule has 0 saturated heterocycles. The zero-order valence-corrected chi connectivity index (χ0v) is 14.4. The number of rotatable bonds is 8. The number of hydrogen-bond acceptors (Lipinski definition) is 5. The first-order chi connectivity index (χ1) is 12.0. The molecule has 3 N–H and O–H groups in total. The molecule has 0 unspecified atom stereocenters. The van der Waals surface area contributed by atoms with E-state index in [0.717, 1.165) is 0 Å². The van der Waals surface area contributed by atoms with E-state index in [1.54, 1.807) is 36.4 Å². The van der Waals surface area contributed by atoms with Gasteiger partial charge >= 0.3 is 0 Å². The van der Waals surface area contributed by atoms with Crippen molar-refractivity contribution in [3.63, 3.8) is 0 Å². The van der Waals surface area contributed by atoms with E-state index < -0.39 is 11.8 Å². The van der Waals surface area contributed by atoms with Crippen molar-refractivity contribution in [3.8, 4) is 11.6 Å². The maximum atomic E-state index is 12.5. The highest BCUT2D eigenvalue weighted by Crippen LogP contribution is 2.26. The van der Waals surface area contributed by atoms with Crippen molar-refractivity contribution < 1.29 is 19.1 Å². The van der Waals surface area contributed by atoms with E-state index in [9.17, 15) is 9.59 Å². The Kier molecular flexibility index (Phi) is 6.59. The lowest BCUT2D eigenvalue weighted by Gasteiger charge is -2.12. The molecule has 1 aromatic carbocycles. The monoisotopic (exact) mass is 363 g/mol. The molecule has 0 spiro atoms. The molecule has 2 aromatic rings. The first-order valence-electron chi connectivity index (χ1n) is 7.62.